The molecule has 3 atom stereocenters. The minimum Gasteiger partial charge on any atom is -0.376 e. The Kier molecular flexibility index (Phi) is 7.04. The van der Waals surface area contributed by atoms with Gasteiger partial charge < -0.3 is 23.8 Å². The van der Waals surface area contributed by atoms with Gasteiger partial charge in [0, 0.05) is 49.6 Å². The van der Waals surface area contributed by atoms with Crippen molar-refractivity contribution in [2.24, 2.45) is 12.5 Å². The standard InChI is InChI=1S/C24H32F3N5O2S/c1-23-8-10-32(18-6-4-17(5-7-18)24(25,26)27)20(23)14-31(16-23)9-3-13-35-22-29-28-21(30(22)2)19-15-33-11-12-34-19/h4-7,19-20H,3,8-16H2,1-2H3/t19-,20-,23+/m1/s1. The zero-order valence-corrected chi connectivity index (χ0v) is 20.9. The van der Waals surface area contributed by atoms with E-state index in [1.165, 1.54) is 12.1 Å². The molecule has 192 valence electrons. The number of thioether (sulfide) groups is 1. The van der Waals surface area contributed by atoms with Gasteiger partial charge in [0.2, 0.25) is 0 Å². The molecule has 0 N–H and O–H groups in total. The Morgan fingerprint density at radius 2 is 1.97 bits per heavy atom. The van der Waals surface area contributed by atoms with Crippen LogP contribution in [0.25, 0.3) is 0 Å². The third kappa shape index (κ3) is 5.19. The molecule has 0 bridgehead atoms. The Morgan fingerprint density at radius 1 is 1.17 bits per heavy atom. The first kappa shape index (κ1) is 24.9. The van der Waals surface area contributed by atoms with Gasteiger partial charge in [-0.1, -0.05) is 18.7 Å². The van der Waals surface area contributed by atoms with Crippen LogP contribution in [-0.2, 0) is 22.7 Å². The molecule has 1 aromatic carbocycles. The summed E-state index contributed by atoms with van der Waals surface area (Å²) in [6.45, 7) is 7.86. The van der Waals surface area contributed by atoms with Gasteiger partial charge in [-0.2, -0.15) is 13.2 Å². The fraction of sp³-hybridized carbons (Fsp3) is 0.667. The summed E-state index contributed by atoms with van der Waals surface area (Å²) in [6.07, 6.45) is -2.38. The number of alkyl halides is 3. The van der Waals surface area contributed by atoms with E-state index >= 15 is 0 Å². The van der Waals surface area contributed by atoms with Crippen molar-refractivity contribution in [3.8, 4) is 0 Å². The molecule has 35 heavy (non-hydrogen) atoms. The summed E-state index contributed by atoms with van der Waals surface area (Å²) < 4.78 is 52.1. The fourth-order valence-corrected chi connectivity index (χ4v) is 6.38. The summed E-state index contributed by atoms with van der Waals surface area (Å²) in [4.78, 5) is 4.80. The molecular formula is C24H32F3N5O2S. The van der Waals surface area contributed by atoms with E-state index in [2.05, 4.69) is 26.9 Å². The first-order valence-corrected chi connectivity index (χ1v) is 13.1. The van der Waals surface area contributed by atoms with Crippen LogP contribution in [-0.4, -0.2) is 77.5 Å². The molecule has 1 aromatic heterocycles. The minimum atomic E-state index is -4.30. The van der Waals surface area contributed by atoms with Gasteiger partial charge in [-0.25, -0.2) is 0 Å². The predicted molar refractivity (Wildman–Crippen MR) is 128 cm³/mol. The van der Waals surface area contributed by atoms with Crippen molar-refractivity contribution in [1.82, 2.24) is 19.7 Å². The molecule has 3 aliphatic rings. The highest BCUT2D eigenvalue weighted by atomic mass is 32.2. The lowest BCUT2D eigenvalue weighted by Gasteiger charge is -2.30. The van der Waals surface area contributed by atoms with E-state index in [4.69, 9.17) is 9.47 Å². The van der Waals surface area contributed by atoms with Crippen LogP contribution < -0.4 is 4.90 Å². The molecule has 0 aliphatic carbocycles. The Hall–Kier alpha value is -1.82. The topological polar surface area (TPSA) is 55.7 Å². The summed E-state index contributed by atoms with van der Waals surface area (Å²) in [5.74, 6) is 1.74. The molecule has 3 saturated heterocycles. The van der Waals surface area contributed by atoms with Gasteiger partial charge >= 0.3 is 6.18 Å². The summed E-state index contributed by atoms with van der Waals surface area (Å²) in [6, 6.07) is 5.95. The monoisotopic (exact) mass is 511 g/mol. The highest BCUT2D eigenvalue weighted by molar-refractivity contribution is 7.99. The lowest BCUT2D eigenvalue weighted by atomic mass is 9.85. The van der Waals surface area contributed by atoms with Crippen molar-refractivity contribution in [2.45, 2.75) is 43.2 Å². The molecule has 5 rings (SSSR count). The van der Waals surface area contributed by atoms with Gasteiger partial charge in [0.1, 0.15) is 6.10 Å². The molecule has 0 amide bonds. The number of fused-ring (bicyclic) bond motifs is 1. The number of aromatic nitrogens is 3. The van der Waals surface area contributed by atoms with E-state index in [1.54, 1.807) is 23.9 Å². The number of hydrogen-bond donors (Lipinski definition) is 0. The molecule has 3 fully saturated rings. The highest BCUT2D eigenvalue weighted by Crippen LogP contribution is 2.44. The minimum absolute atomic E-state index is 0.159. The normalized spacial score (nSPS) is 27.5. The maximum atomic E-state index is 12.9. The summed E-state index contributed by atoms with van der Waals surface area (Å²) in [7, 11) is 1.97. The van der Waals surface area contributed by atoms with Crippen molar-refractivity contribution in [2.75, 3.05) is 56.7 Å². The van der Waals surface area contributed by atoms with E-state index in [-0.39, 0.29) is 11.5 Å². The maximum absolute atomic E-state index is 12.9. The number of ether oxygens (including phenoxy) is 2. The zero-order chi connectivity index (χ0) is 24.6. The Balaban J connectivity index is 1.12. The summed E-state index contributed by atoms with van der Waals surface area (Å²) >= 11 is 1.70. The van der Waals surface area contributed by atoms with Crippen LogP contribution >= 0.6 is 11.8 Å². The second-order valence-corrected chi connectivity index (χ2v) is 11.0. The molecule has 3 aliphatic heterocycles. The average Bonchev–Trinajstić information content (AvgIpc) is 3.47. The van der Waals surface area contributed by atoms with Gasteiger partial charge in [0.15, 0.2) is 11.0 Å². The van der Waals surface area contributed by atoms with Crippen LogP contribution in [0.5, 0.6) is 0 Å². The maximum Gasteiger partial charge on any atom is 0.416 e. The number of hydrogen-bond acceptors (Lipinski definition) is 7. The first-order chi connectivity index (χ1) is 16.7. The summed E-state index contributed by atoms with van der Waals surface area (Å²) in [5.41, 5.74) is 0.453. The van der Waals surface area contributed by atoms with E-state index in [0.29, 0.717) is 25.9 Å². The van der Waals surface area contributed by atoms with Crippen molar-refractivity contribution in [3.05, 3.63) is 35.7 Å². The van der Waals surface area contributed by atoms with Crippen LogP contribution in [0.2, 0.25) is 0 Å². The van der Waals surface area contributed by atoms with E-state index < -0.39 is 11.7 Å². The molecule has 0 spiro atoms. The van der Waals surface area contributed by atoms with E-state index in [1.807, 2.05) is 11.6 Å². The van der Waals surface area contributed by atoms with Crippen molar-refractivity contribution in [3.63, 3.8) is 0 Å². The number of nitrogens with zero attached hydrogens (tertiary/aromatic N) is 5. The SMILES string of the molecule is Cn1c(SCCCN2C[C@H]3N(c4ccc(C(F)(F)F)cc4)CC[C@@]3(C)C2)nnc1[C@H]1COCCO1. The van der Waals surface area contributed by atoms with Crippen molar-refractivity contribution >= 4 is 17.4 Å². The lowest BCUT2D eigenvalue weighted by molar-refractivity contribution is -0.137. The van der Waals surface area contributed by atoms with Gasteiger partial charge in [0.25, 0.3) is 0 Å². The zero-order valence-electron chi connectivity index (χ0n) is 20.1. The van der Waals surface area contributed by atoms with Crippen LogP contribution in [0.4, 0.5) is 18.9 Å². The van der Waals surface area contributed by atoms with Crippen LogP contribution in [0.3, 0.4) is 0 Å². The quantitative estimate of drug-likeness (QED) is 0.411. The second-order valence-electron chi connectivity index (χ2n) is 9.93. The van der Waals surface area contributed by atoms with Gasteiger partial charge in [-0.05, 0) is 43.7 Å². The smallest absolute Gasteiger partial charge is 0.376 e. The van der Waals surface area contributed by atoms with E-state index in [0.717, 1.165) is 61.4 Å². The van der Waals surface area contributed by atoms with Crippen molar-refractivity contribution in [1.29, 1.82) is 0 Å². The van der Waals surface area contributed by atoms with Crippen LogP contribution in [0.1, 0.15) is 37.3 Å². The van der Waals surface area contributed by atoms with Crippen molar-refractivity contribution < 1.29 is 22.6 Å². The molecular weight excluding hydrogens is 479 g/mol. The first-order valence-electron chi connectivity index (χ1n) is 12.1. The Bertz CT molecular complexity index is 1010. The Labute approximate surface area is 208 Å². The predicted octanol–water partition coefficient (Wildman–Crippen LogP) is 4.00. The number of halogens is 3. The number of rotatable bonds is 7. The largest absolute Gasteiger partial charge is 0.416 e. The average molecular weight is 512 g/mol. The number of likely N-dealkylation sites (tertiary alicyclic amines) is 1. The molecule has 11 heteroatoms. The van der Waals surface area contributed by atoms with E-state index in [9.17, 15) is 13.2 Å². The third-order valence-electron chi connectivity index (χ3n) is 7.47. The van der Waals surface area contributed by atoms with Gasteiger partial charge in [0.05, 0.1) is 25.4 Å². The van der Waals surface area contributed by atoms with Crippen LogP contribution in [0, 0.1) is 5.41 Å². The molecule has 0 unspecified atom stereocenters. The fourth-order valence-electron chi connectivity index (χ4n) is 5.54. The Morgan fingerprint density at radius 3 is 2.69 bits per heavy atom. The number of benzene rings is 1. The molecule has 2 aromatic rings. The highest BCUT2D eigenvalue weighted by Gasteiger charge is 2.50. The third-order valence-corrected chi connectivity index (χ3v) is 8.58. The molecule has 0 radical (unpaired) electrons. The molecule has 7 nitrogen and oxygen atoms in total. The summed E-state index contributed by atoms with van der Waals surface area (Å²) in [5, 5.41) is 9.52. The van der Waals surface area contributed by atoms with Gasteiger partial charge in [-0.3, -0.25) is 0 Å². The number of anilines is 1. The molecule has 4 heterocycles. The van der Waals surface area contributed by atoms with Crippen LogP contribution in [0.15, 0.2) is 29.4 Å². The van der Waals surface area contributed by atoms with Gasteiger partial charge in [-0.15, -0.1) is 10.2 Å². The molecule has 0 saturated carbocycles. The lowest BCUT2D eigenvalue weighted by Crippen LogP contribution is -2.37. The second kappa shape index (κ2) is 9.91.